The zero-order valence-corrected chi connectivity index (χ0v) is 17.0. The van der Waals surface area contributed by atoms with Crippen LogP contribution >= 0.6 is 24.8 Å². The Morgan fingerprint density at radius 1 is 0.962 bits per heavy atom. The molecular formula is C21H30Cl2N2O. The van der Waals surface area contributed by atoms with E-state index in [1.807, 2.05) is 36.4 Å². The Labute approximate surface area is 169 Å². The number of piperazine rings is 1. The minimum Gasteiger partial charge on any atom is -0.457 e. The fourth-order valence-electron chi connectivity index (χ4n) is 3.36. The Kier molecular flexibility index (Phi) is 10.7. The molecule has 0 saturated carbocycles. The molecule has 1 N–H and O–H groups in total. The van der Waals surface area contributed by atoms with Crippen LogP contribution < -0.4 is 10.1 Å². The SMILES string of the molecule is CCCC[C@@H](c1cccc(Oc2ccccc2)c1)N1CCNCC1.Cl.Cl. The van der Waals surface area contributed by atoms with Crippen LogP contribution in [-0.2, 0) is 0 Å². The van der Waals surface area contributed by atoms with Gasteiger partial charge in [0.05, 0.1) is 0 Å². The summed E-state index contributed by atoms with van der Waals surface area (Å²) in [4.78, 5) is 2.62. The van der Waals surface area contributed by atoms with E-state index in [-0.39, 0.29) is 24.8 Å². The molecular weight excluding hydrogens is 367 g/mol. The lowest BCUT2D eigenvalue weighted by atomic mass is 9.98. The summed E-state index contributed by atoms with van der Waals surface area (Å²) in [7, 11) is 0. The van der Waals surface area contributed by atoms with Crippen molar-refractivity contribution < 1.29 is 4.74 Å². The molecule has 144 valence electrons. The molecule has 1 atom stereocenters. The third kappa shape index (κ3) is 6.48. The lowest BCUT2D eigenvalue weighted by Crippen LogP contribution is -2.45. The van der Waals surface area contributed by atoms with Crippen LogP contribution in [0.1, 0.15) is 37.8 Å². The Morgan fingerprint density at radius 2 is 1.65 bits per heavy atom. The van der Waals surface area contributed by atoms with Crippen LogP contribution in [0.25, 0.3) is 0 Å². The van der Waals surface area contributed by atoms with Gasteiger partial charge in [0, 0.05) is 32.2 Å². The van der Waals surface area contributed by atoms with Crippen molar-refractivity contribution >= 4 is 24.8 Å². The maximum Gasteiger partial charge on any atom is 0.127 e. The minimum atomic E-state index is 0. The third-order valence-electron chi connectivity index (χ3n) is 4.65. The highest BCUT2D eigenvalue weighted by Gasteiger charge is 2.22. The Bertz CT molecular complexity index is 618. The van der Waals surface area contributed by atoms with Gasteiger partial charge in [-0.1, -0.05) is 50.1 Å². The molecule has 1 fully saturated rings. The largest absolute Gasteiger partial charge is 0.457 e. The molecule has 0 aliphatic carbocycles. The van der Waals surface area contributed by atoms with Crippen molar-refractivity contribution in [3.05, 3.63) is 60.2 Å². The summed E-state index contributed by atoms with van der Waals surface area (Å²) in [5.41, 5.74) is 1.37. The van der Waals surface area contributed by atoms with Gasteiger partial charge in [-0.25, -0.2) is 0 Å². The molecule has 26 heavy (non-hydrogen) atoms. The minimum absolute atomic E-state index is 0. The van der Waals surface area contributed by atoms with E-state index in [0.29, 0.717) is 6.04 Å². The molecule has 3 rings (SSSR count). The second-order valence-electron chi connectivity index (χ2n) is 6.43. The molecule has 0 spiro atoms. The number of benzene rings is 2. The summed E-state index contributed by atoms with van der Waals surface area (Å²) >= 11 is 0. The second kappa shape index (κ2) is 12.2. The molecule has 0 amide bonds. The van der Waals surface area contributed by atoms with Crippen molar-refractivity contribution in [1.82, 2.24) is 10.2 Å². The van der Waals surface area contributed by atoms with E-state index < -0.39 is 0 Å². The maximum atomic E-state index is 6.03. The van der Waals surface area contributed by atoms with E-state index in [1.165, 1.54) is 24.8 Å². The van der Waals surface area contributed by atoms with Gasteiger partial charge in [0.2, 0.25) is 0 Å². The fraction of sp³-hybridized carbons (Fsp3) is 0.429. The number of hydrogen-bond acceptors (Lipinski definition) is 3. The first-order valence-corrected chi connectivity index (χ1v) is 9.14. The van der Waals surface area contributed by atoms with Gasteiger partial charge in [0.1, 0.15) is 11.5 Å². The van der Waals surface area contributed by atoms with Gasteiger partial charge in [-0.2, -0.15) is 0 Å². The maximum absolute atomic E-state index is 6.03. The van der Waals surface area contributed by atoms with Crippen LogP contribution in [0.4, 0.5) is 0 Å². The van der Waals surface area contributed by atoms with Crippen molar-refractivity contribution in [3.63, 3.8) is 0 Å². The van der Waals surface area contributed by atoms with E-state index in [4.69, 9.17) is 4.74 Å². The van der Waals surface area contributed by atoms with E-state index in [2.05, 4.69) is 35.3 Å². The molecule has 0 unspecified atom stereocenters. The second-order valence-corrected chi connectivity index (χ2v) is 6.43. The van der Waals surface area contributed by atoms with Gasteiger partial charge in [-0.3, -0.25) is 4.90 Å². The zero-order chi connectivity index (χ0) is 16.6. The molecule has 0 bridgehead atoms. The van der Waals surface area contributed by atoms with Gasteiger partial charge in [-0.15, -0.1) is 24.8 Å². The summed E-state index contributed by atoms with van der Waals surface area (Å²) in [5.74, 6) is 1.82. The molecule has 2 aromatic rings. The van der Waals surface area contributed by atoms with Crippen molar-refractivity contribution in [2.75, 3.05) is 26.2 Å². The number of halogens is 2. The van der Waals surface area contributed by atoms with Gasteiger partial charge in [0.25, 0.3) is 0 Å². The number of nitrogens with one attached hydrogen (secondary N) is 1. The van der Waals surface area contributed by atoms with Gasteiger partial charge < -0.3 is 10.1 Å². The van der Waals surface area contributed by atoms with Gasteiger partial charge >= 0.3 is 0 Å². The van der Waals surface area contributed by atoms with E-state index >= 15 is 0 Å². The molecule has 2 aromatic carbocycles. The van der Waals surface area contributed by atoms with E-state index in [0.717, 1.165) is 37.7 Å². The average Bonchev–Trinajstić information content (AvgIpc) is 2.64. The predicted octanol–water partition coefficient (Wildman–Crippen LogP) is 5.46. The Balaban J connectivity index is 0.00000169. The van der Waals surface area contributed by atoms with Gasteiger partial charge in [-0.05, 0) is 36.2 Å². The van der Waals surface area contributed by atoms with Crippen LogP contribution in [0.3, 0.4) is 0 Å². The first-order valence-electron chi connectivity index (χ1n) is 9.14. The highest BCUT2D eigenvalue weighted by Crippen LogP contribution is 2.30. The molecule has 3 nitrogen and oxygen atoms in total. The summed E-state index contributed by atoms with van der Waals surface area (Å²) in [5, 5.41) is 3.45. The average molecular weight is 397 g/mol. The van der Waals surface area contributed by atoms with Gasteiger partial charge in [0.15, 0.2) is 0 Å². The summed E-state index contributed by atoms with van der Waals surface area (Å²) in [6.07, 6.45) is 3.71. The lowest BCUT2D eigenvalue weighted by Gasteiger charge is -2.35. The van der Waals surface area contributed by atoms with Crippen LogP contribution in [-0.4, -0.2) is 31.1 Å². The van der Waals surface area contributed by atoms with E-state index in [1.54, 1.807) is 0 Å². The number of nitrogens with zero attached hydrogens (tertiary/aromatic N) is 1. The standard InChI is InChI=1S/C21H28N2O.2ClH/c1-2-3-12-21(23-15-13-22-14-16-23)18-8-7-11-20(17-18)24-19-9-5-4-6-10-19;;/h4-11,17,21-22H,2-3,12-16H2,1H3;2*1H/t21-;;/m0../s1. The molecule has 1 saturated heterocycles. The molecule has 1 aliphatic heterocycles. The summed E-state index contributed by atoms with van der Waals surface area (Å²) in [6, 6.07) is 19.1. The molecule has 1 aliphatic rings. The molecule has 0 aromatic heterocycles. The number of para-hydroxylation sites is 1. The van der Waals surface area contributed by atoms with E-state index in [9.17, 15) is 0 Å². The smallest absolute Gasteiger partial charge is 0.127 e. The topological polar surface area (TPSA) is 24.5 Å². The molecule has 5 heteroatoms. The number of rotatable bonds is 7. The van der Waals surface area contributed by atoms with Crippen molar-refractivity contribution in [3.8, 4) is 11.5 Å². The van der Waals surface area contributed by atoms with Crippen LogP contribution in [0.15, 0.2) is 54.6 Å². The molecule has 1 heterocycles. The fourth-order valence-corrected chi connectivity index (χ4v) is 3.36. The summed E-state index contributed by atoms with van der Waals surface area (Å²) in [6.45, 7) is 6.69. The predicted molar refractivity (Wildman–Crippen MR) is 114 cm³/mol. The zero-order valence-electron chi connectivity index (χ0n) is 15.4. The summed E-state index contributed by atoms with van der Waals surface area (Å²) < 4.78 is 6.03. The van der Waals surface area contributed by atoms with Crippen molar-refractivity contribution in [2.24, 2.45) is 0 Å². The lowest BCUT2D eigenvalue weighted by molar-refractivity contribution is 0.163. The molecule has 0 radical (unpaired) electrons. The first kappa shape index (κ1) is 22.8. The van der Waals surface area contributed by atoms with Crippen molar-refractivity contribution in [2.45, 2.75) is 32.2 Å². The number of unbranched alkanes of at least 4 members (excludes halogenated alkanes) is 1. The highest BCUT2D eigenvalue weighted by atomic mass is 35.5. The first-order chi connectivity index (χ1) is 11.9. The van der Waals surface area contributed by atoms with Crippen LogP contribution in [0.5, 0.6) is 11.5 Å². The highest BCUT2D eigenvalue weighted by molar-refractivity contribution is 5.85. The number of ether oxygens (including phenoxy) is 1. The van der Waals surface area contributed by atoms with Crippen LogP contribution in [0, 0.1) is 0 Å². The number of hydrogen-bond donors (Lipinski definition) is 1. The Hall–Kier alpha value is -1.26. The third-order valence-corrected chi connectivity index (χ3v) is 4.65. The normalized spacial score (nSPS) is 15.4. The quantitative estimate of drug-likeness (QED) is 0.672. The Morgan fingerprint density at radius 3 is 2.35 bits per heavy atom. The monoisotopic (exact) mass is 396 g/mol. The van der Waals surface area contributed by atoms with Crippen molar-refractivity contribution in [1.29, 1.82) is 0 Å². The van der Waals surface area contributed by atoms with Crippen LogP contribution in [0.2, 0.25) is 0 Å².